The summed E-state index contributed by atoms with van der Waals surface area (Å²) >= 11 is 0. The minimum Gasteiger partial charge on any atom is -0.444 e. The Morgan fingerprint density at radius 3 is 1.44 bits per heavy atom. The van der Waals surface area contributed by atoms with Crippen LogP contribution in [0, 0.1) is 0 Å². The zero-order valence-electron chi connectivity index (χ0n) is 22.0. The second-order valence-electron chi connectivity index (χ2n) is 8.74. The van der Waals surface area contributed by atoms with Gasteiger partial charge >= 0.3 is 6.09 Å². The fraction of sp³-hybridized carbons (Fsp3) is 0.792. The number of amides is 3. The summed E-state index contributed by atoms with van der Waals surface area (Å²) in [6, 6.07) is 0. The zero-order valence-corrected chi connectivity index (χ0v) is 22.0. The molecule has 0 fully saturated rings. The number of likely N-dealkylation sites (N-methyl/N-ethyl adjacent to an activating group) is 1. The van der Waals surface area contributed by atoms with Crippen molar-refractivity contribution in [2.24, 2.45) is 0 Å². The number of hydrogen-bond acceptors (Lipinski definition) is 10. The van der Waals surface area contributed by atoms with E-state index in [1.807, 2.05) is 20.8 Å². The van der Waals surface area contributed by atoms with Crippen LogP contribution in [0.1, 0.15) is 20.8 Å². The number of imide groups is 1. The SMILES string of the molecule is CN(CCOCCOCCOCCOCCOCCOCCN1C(=O)C=CC1=O)C(=O)OC(C)(C)C. The number of nitrogens with zero attached hydrogens (tertiary/aromatic N) is 2. The first-order valence-corrected chi connectivity index (χ1v) is 12.1. The number of rotatable bonds is 21. The van der Waals surface area contributed by atoms with Gasteiger partial charge in [0.25, 0.3) is 11.8 Å². The highest BCUT2D eigenvalue weighted by Gasteiger charge is 2.22. The van der Waals surface area contributed by atoms with Gasteiger partial charge in [0.15, 0.2) is 0 Å². The Morgan fingerprint density at radius 2 is 1.06 bits per heavy atom. The summed E-state index contributed by atoms with van der Waals surface area (Å²) in [6.45, 7) is 11.2. The highest BCUT2D eigenvalue weighted by Crippen LogP contribution is 2.08. The first kappa shape index (κ1) is 31.9. The van der Waals surface area contributed by atoms with Crippen molar-refractivity contribution in [1.29, 1.82) is 0 Å². The lowest BCUT2D eigenvalue weighted by molar-refractivity contribution is -0.137. The topological polar surface area (TPSA) is 122 Å². The van der Waals surface area contributed by atoms with E-state index in [9.17, 15) is 14.4 Å². The summed E-state index contributed by atoms with van der Waals surface area (Å²) in [6.07, 6.45) is 2.13. The van der Waals surface area contributed by atoms with Gasteiger partial charge in [-0.25, -0.2) is 4.79 Å². The van der Waals surface area contributed by atoms with Crippen molar-refractivity contribution in [3.63, 3.8) is 0 Å². The van der Waals surface area contributed by atoms with Gasteiger partial charge in [-0.05, 0) is 20.8 Å². The lowest BCUT2D eigenvalue weighted by Gasteiger charge is -2.24. The fourth-order valence-corrected chi connectivity index (χ4v) is 2.64. The van der Waals surface area contributed by atoms with E-state index in [-0.39, 0.29) is 31.1 Å². The van der Waals surface area contributed by atoms with Gasteiger partial charge in [0.1, 0.15) is 5.60 Å². The van der Waals surface area contributed by atoms with Crippen molar-refractivity contribution < 1.29 is 47.5 Å². The number of carbonyl (C=O) groups is 3. The molecule has 0 aromatic heterocycles. The van der Waals surface area contributed by atoms with E-state index in [4.69, 9.17) is 33.2 Å². The van der Waals surface area contributed by atoms with E-state index >= 15 is 0 Å². The van der Waals surface area contributed by atoms with Crippen LogP contribution in [-0.4, -0.2) is 133 Å². The summed E-state index contributed by atoms with van der Waals surface area (Å²) in [5.41, 5.74) is -0.513. The largest absolute Gasteiger partial charge is 0.444 e. The predicted octanol–water partition coefficient (Wildman–Crippen LogP) is 0.878. The van der Waals surface area contributed by atoms with Crippen LogP contribution in [0.3, 0.4) is 0 Å². The second kappa shape index (κ2) is 19.1. The van der Waals surface area contributed by atoms with Crippen LogP contribution in [0.4, 0.5) is 4.79 Å². The van der Waals surface area contributed by atoms with Crippen molar-refractivity contribution in [3.05, 3.63) is 12.2 Å². The third-order valence-electron chi connectivity index (χ3n) is 4.50. The standard InChI is InChI=1S/C24H42N2O10/c1-24(2,3)36-23(29)25(4)7-9-30-11-13-32-15-17-34-19-20-35-18-16-33-14-12-31-10-8-26-21(27)5-6-22(26)28/h5-6H,7-20H2,1-4H3. The summed E-state index contributed by atoms with van der Waals surface area (Å²) in [4.78, 5) is 37.1. The average Bonchev–Trinajstić information content (AvgIpc) is 3.13. The molecule has 0 atom stereocenters. The van der Waals surface area contributed by atoms with Crippen LogP contribution in [-0.2, 0) is 42.7 Å². The van der Waals surface area contributed by atoms with Crippen LogP contribution in [0.25, 0.3) is 0 Å². The molecule has 1 heterocycles. The van der Waals surface area contributed by atoms with Gasteiger partial charge in [-0.3, -0.25) is 14.5 Å². The Balaban J connectivity index is 1.74. The van der Waals surface area contributed by atoms with Gasteiger partial charge in [-0.2, -0.15) is 0 Å². The first-order valence-electron chi connectivity index (χ1n) is 12.1. The maximum Gasteiger partial charge on any atom is 0.410 e. The lowest BCUT2D eigenvalue weighted by atomic mass is 10.2. The molecule has 0 bridgehead atoms. The molecule has 0 radical (unpaired) electrons. The molecule has 36 heavy (non-hydrogen) atoms. The molecule has 0 spiro atoms. The molecule has 3 amide bonds. The monoisotopic (exact) mass is 518 g/mol. The third-order valence-corrected chi connectivity index (χ3v) is 4.50. The van der Waals surface area contributed by atoms with E-state index in [1.54, 1.807) is 7.05 Å². The highest BCUT2D eigenvalue weighted by molar-refractivity contribution is 6.12. The Kier molecular flexibility index (Phi) is 16.9. The zero-order chi connectivity index (χ0) is 26.7. The molecule has 0 N–H and O–H groups in total. The molecule has 0 aliphatic carbocycles. The molecule has 1 aliphatic heterocycles. The molecule has 1 rings (SSSR count). The predicted molar refractivity (Wildman–Crippen MR) is 130 cm³/mol. The van der Waals surface area contributed by atoms with E-state index < -0.39 is 5.60 Å². The van der Waals surface area contributed by atoms with Gasteiger partial charge in [0.2, 0.25) is 0 Å². The molecule has 0 saturated carbocycles. The van der Waals surface area contributed by atoms with Gasteiger partial charge in [-0.1, -0.05) is 0 Å². The fourth-order valence-electron chi connectivity index (χ4n) is 2.64. The molecule has 0 aromatic rings. The first-order chi connectivity index (χ1) is 17.2. The van der Waals surface area contributed by atoms with Gasteiger partial charge in [0, 0.05) is 25.7 Å². The minimum absolute atomic E-state index is 0.238. The van der Waals surface area contributed by atoms with E-state index in [1.165, 1.54) is 17.1 Å². The Hall–Kier alpha value is -2.09. The Bertz CT molecular complexity index is 648. The average molecular weight is 519 g/mol. The quantitative estimate of drug-likeness (QED) is 0.160. The van der Waals surface area contributed by atoms with Crippen LogP contribution in [0.5, 0.6) is 0 Å². The Labute approximate surface area is 213 Å². The summed E-state index contributed by atoms with van der Waals surface area (Å²) in [5, 5.41) is 0. The van der Waals surface area contributed by atoms with Crippen LogP contribution >= 0.6 is 0 Å². The third kappa shape index (κ3) is 16.6. The number of hydrogen-bond donors (Lipinski definition) is 0. The molecular formula is C24H42N2O10. The van der Waals surface area contributed by atoms with Crippen LogP contribution in [0.2, 0.25) is 0 Å². The molecular weight excluding hydrogens is 476 g/mol. The van der Waals surface area contributed by atoms with Crippen molar-refractivity contribution >= 4 is 17.9 Å². The molecule has 1 aliphatic rings. The van der Waals surface area contributed by atoms with E-state index in [2.05, 4.69) is 0 Å². The van der Waals surface area contributed by atoms with Gasteiger partial charge < -0.3 is 38.1 Å². The number of ether oxygens (including phenoxy) is 7. The Morgan fingerprint density at radius 1 is 0.694 bits per heavy atom. The van der Waals surface area contributed by atoms with Crippen LogP contribution < -0.4 is 0 Å². The number of carbonyl (C=O) groups excluding carboxylic acids is 3. The maximum absolute atomic E-state index is 11.8. The van der Waals surface area contributed by atoms with E-state index in [0.29, 0.717) is 79.2 Å². The second-order valence-corrected chi connectivity index (χ2v) is 8.74. The summed E-state index contributed by atoms with van der Waals surface area (Å²) < 4.78 is 37.7. The van der Waals surface area contributed by atoms with Crippen molar-refractivity contribution in [2.75, 3.05) is 99.4 Å². The van der Waals surface area contributed by atoms with Gasteiger partial charge in [-0.15, -0.1) is 0 Å². The normalized spacial score (nSPS) is 13.6. The minimum atomic E-state index is -0.513. The molecule has 0 unspecified atom stereocenters. The van der Waals surface area contributed by atoms with Crippen molar-refractivity contribution in [2.45, 2.75) is 26.4 Å². The molecule has 12 heteroatoms. The summed E-state index contributed by atoms with van der Waals surface area (Å²) in [5.74, 6) is -0.617. The van der Waals surface area contributed by atoms with Gasteiger partial charge in [0.05, 0.1) is 85.8 Å². The van der Waals surface area contributed by atoms with Crippen molar-refractivity contribution in [1.82, 2.24) is 9.80 Å². The molecule has 0 aromatic carbocycles. The summed E-state index contributed by atoms with van der Waals surface area (Å²) in [7, 11) is 1.67. The smallest absolute Gasteiger partial charge is 0.410 e. The highest BCUT2D eigenvalue weighted by atomic mass is 16.6. The molecule has 208 valence electrons. The maximum atomic E-state index is 11.8. The molecule has 12 nitrogen and oxygen atoms in total. The van der Waals surface area contributed by atoms with E-state index in [0.717, 1.165) is 4.90 Å². The van der Waals surface area contributed by atoms with Crippen LogP contribution in [0.15, 0.2) is 12.2 Å². The molecule has 0 saturated heterocycles. The lowest BCUT2D eigenvalue weighted by Crippen LogP contribution is -2.36. The van der Waals surface area contributed by atoms with Crippen molar-refractivity contribution in [3.8, 4) is 0 Å².